The highest BCUT2D eigenvalue weighted by Gasteiger charge is 2.32. The summed E-state index contributed by atoms with van der Waals surface area (Å²) in [6.45, 7) is 7.13. The largest absolute Gasteiger partial charge is 0.353 e. The van der Waals surface area contributed by atoms with Gasteiger partial charge in [-0.15, -0.1) is 0 Å². The molecular weight excluding hydrogens is 254 g/mol. The van der Waals surface area contributed by atoms with Crippen LogP contribution in [0.25, 0.3) is 0 Å². The van der Waals surface area contributed by atoms with Crippen molar-refractivity contribution in [2.45, 2.75) is 84.0 Å². The Morgan fingerprint density at radius 2 is 1.80 bits per heavy atom. The number of ether oxygens (including phenoxy) is 2. The fraction of sp³-hybridized carbons (Fsp3) is 0.938. The topological polar surface area (TPSA) is 47.6 Å². The number of amides is 1. The van der Waals surface area contributed by atoms with Gasteiger partial charge in [-0.2, -0.15) is 0 Å². The lowest BCUT2D eigenvalue weighted by atomic mass is 10.1. The molecule has 0 aliphatic carbocycles. The summed E-state index contributed by atoms with van der Waals surface area (Å²) in [4.78, 5) is 11.7. The molecule has 4 heteroatoms. The predicted molar refractivity (Wildman–Crippen MR) is 80.5 cm³/mol. The van der Waals surface area contributed by atoms with E-state index >= 15 is 0 Å². The maximum absolute atomic E-state index is 11.7. The maximum atomic E-state index is 11.7. The van der Waals surface area contributed by atoms with E-state index in [0.29, 0.717) is 19.6 Å². The molecule has 1 unspecified atom stereocenters. The highest BCUT2D eigenvalue weighted by molar-refractivity contribution is 5.75. The van der Waals surface area contributed by atoms with E-state index in [-0.39, 0.29) is 12.0 Å². The highest BCUT2D eigenvalue weighted by atomic mass is 16.7. The van der Waals surface area contributed by atoms with Gasteiger partial charge in [-0.1, -0.05) is 45.4 Å². The molecule has 0 bridgehead atoms. The van der Waals surface area contributed by atoms with Crippen molar-refractivity contribution in [2.24, 2.45) is 0 Å². The van der Waals surface area contributed by atoms with Gasteiger partial charge in [-0.05, 0) is 20.3 Å². The van der Waals surface area contributed by atoms with Gasteiger partial charge in [0.05, 0.1) is 6.61 Å². The van der Waals surface area contributed by atoms with Crippen LogP contribution in [0.2, 0.25) is 0 Å². The van der Waals surface area contributed by atoms with Gasteiger partial charge in [0.1, 0.15) is 6.10 Å². The molecule has 0 aromatic rings. The second kappa shape index (κ2) is 9.35. The number of carbonyl (C=O) groups is 1. The average molecular weight is 285 g/mol. The third-order valence-electron chi connectivity index (χ3n) is 3.60. The Morgan fingerprint density at radius 3 is 2.40 bits per heavy atom. The van der Waals surface area contributed by atoms with Gasteiger partial charge < -0.3 is 14.8 Å². The molecule has 0 saturated carbocycles. The van der Waals surface area contributed by atoms with Gasteiger partial charge in [0, 0.05) is 13.0 Å². The van der Waals surface area contributed by atoms with Gasteiger partial charge in [-0.3, -0.25) is 4.79 Å². The number of nitrogens with one attached hydrogen (secondary N) is 1. The second-order valence-corrected chi connectivity index (χ2v) is 6.13. The fourth-order valence-electron chi connectivity index (χ4n) is 2.42. The zero-order valence-corrected chi connectivity index (χ0v) is 13.4. The molecule has 0 radical (unpaired) electrons. The molecule has 1 aliphatic rings. The van der Waals surface area contributed by atoms with Crippen molar-refractivity contribution in [2.75, 3.05) is 13.2 Å². The molecule has 0 aromatic heterocycles. The van der Waals surface area contributed by atoms with Crippen molar-refractivity contribution in [3.05, 3.63) is 0 Å². The minimum atomic E-state index is -0.506. The first kappa shape index (κ1) is 17.4. The lowest BCUT2D eigenvalue weighted by molar-refractivity contribution is -0.139. The van der Waals surface area contributed by atoms with E-state index in [1.165, 1.54) is 32.1 Å². The number of rotatable bonds is 10. The molecular formula is C16H31NO3. The SMILES string of the molecule is CCCCCCCCCC(=O)NCC1COC(C)(C)O1. The lowest BCUT2D eigenvalue weighted by Crippen LogP contribution is -2.34. The van der Waals surface area contributed by atoms with Gasteiger partial charge >= 0.3 is 0 Å². The molecule has 0 spiro atoms. The van der Waals surface area contributed by atoms with Crippen LogP contribution < -0.4 is 5.32 Å². The summed E-state index contributed by atoms with van der Waals surface area (Å²) in [6, 6.07) is 0. The molecule has 1 N–H and O–H groups in total. The first-order chi connectivity index (χ1) is 9.53. The lowest BCUT2D eigenvalue weighted by Gasteiger charge is -2.17. The third-order valence-corrected chi connectivity index (χ3v) is 3.60. The molecule has 1 atom stereocenters. The molecule has 1 amide bonds. The molecule has 0 aromatic carbocycles. The van der Waals surface area contributed by atoms with Crippen LogP contribution in [0.15, 0.2) is 0 Å². The summed E-state index contributed by atoms with van der Waals surface area (Å²) in [7, 11) is 0. The predicted octanol–water partition coefficient (Wildman–Crippen LogP) is 3.39. The minimum absolute atomic E-state index is 0.0111. The monoisotopic (exact) mass is 285 g/mol. The van der Waals surface area contributed by atoms with Crippen LogP contribution in [0, 0.1) is 0 Å². The van der Waals surface area contributed by atoms with Crippen LogP contribution in [0.3, 0.4) is 0 Å². The van der Waals surface area contributed by atoms with Gasteiger partial charge in [-0.25, -0.2) is 0 Å². The normalized spacial score (nSPS) is 21.1. The molecule has 1 fully saturated rings. The second-order valence-electron chi connectivity index (χ2n) is 6.13. The Balaban J connectivity index is 1.93. The zero-order valence-electron chi connectivity index (χ0n) is 13.4. The Bertz CT molecular complexity index is 279. The summed E-state index contributed by atoms with van der Waals surface area (Å²) in [6.07, 6.45) is 9.27. The Labute approximate surface area is 123 Å². The van der Waals surface area contributed by atoms with E-state index in [1.807, 2.05) is 13.8 Å². The minimum Gasteiger partial charge on any atom is -0.353 e. The van der Waals surface area contributed by atoms with E-state index in [1.54, 1.807) is 0 Å². The van der Waals surface area contributed by atoms with Crippen LogP contribution in [-0.4, -0.2) is 30.9 Å². The van der Waals surface area contributed by atoms with Crippen molar-refractivity contribution < 1.29 is 14.3 Å². The van der Waals surface area contributed by atoms with E-state index in [0.717, 1.165) is 12.8 Å². The average Bonchev–Trinajstić information content (AvgIpc) is 2.75. The van der Waals surface area contributed by atoms with E-state index in [9.17, 15) is 4.79 Å². The molecule has 20 heavy (non-hydrogen) atoms. The summed E-state index contributed by atoms with van der Waals surface area (Å²) >= 11 is 0. The van der Waals surface area contributed by atoms with Crippen molar-refractivity contribution in [1.82, 2.24) is 5.32 Å². The van der Waals surface area contributed by atoms with Crippen LogP contribution in [0.5, 0.6) is 0 Å². The van der Waals surface area contributed by atoms with E-state index in [2.05, 4.69) is 12.2 Å². The molecule has 1 heterocycles. The third kappa shape index (κ3) is 7.85. The summed E-state index contributed by atoms with van der Waals surface area (Å²) in [5.74, 6) is -0.375. The standard InChI is InChI=1S/C16H31NO3/c1-4-5-6-7-8-9-10-11-15(18)17-12-14-13-19-16(2,3)20-14/h14H,4-13H2,1-3H3,(H,17,18). The Morgan fingerprint density at radius 1 is 1.15 bits per heavy atom. The van der Waals surface area contributed by atoms with Gasteiger partial charge in [0.25, 0.3) is 0 Å². The fourth-order valence-corrected chi connectivity index (χ4v) is 2.42. The van der Waals surface area contributed by atoms with Gasteiger partial charge in [0.2, 0.25) is 5.91 Å². The van der Waals surface area contributed by atoms with E-state index in [4.69, 9.17) is 9.47 Å². The first-order valence-electron chi connectivity index (χ1n) is 8.12. The Kier molecular flexibility index (Phi) is 8.15. The Hall–Kier alpha value is -0.610. The van der Waals surface area contributed by atoms with Crippen LogP contribution >= 0.6 is 0 Å². The van der Waals surface area contributed by atoms with Crippen molar-refractivity contribution in [1.29, 1.82) is 0 Å². The molecule has 1 rings (SSSR count). The summed E-state index contributed by atoms with van der Waals surface area (Å²) in [5, 5.41) is 2.93. The summed E-state index contributed by atoms with van der Waals surface area (Å²) < 4.78 is 11.1. The zero-order chi connectivity index (χ0) is 14.8. The van der Waals surface area contributed by atoms with Crippen LogP contribution in [0.1, 0.15) is 72.1 Å². The molecule has 4 nitrogen and oxygen atoms in total. The number of carbonyl (C=O) groups excluding carboxylic acids is 1. The maximum Gasteiger partial charge on any atom is 0.220 e. The van der Waals surface area contributed by atoms with Gasteiger partial charge in [0.15, 0.2) is 5.79 Å². The number of hydrogen-bond acceptors (Lipinski definition) is 3. The molecule has 1 aliphatic heterocycles. The first-order valence-corrected chi connectivity index (χ1v) is 8.12. The van der Waals surface area contributed by atoms with Crippen molar-refractivity contribution in [3.8, 4) is 0 Å². The van der Waals surface area contributed by atoms with Crippen molar-refractivity contribution in [3.63, 3.8) is 0 Å². The molecule has 118 valence electrons. The smallest absolute Gasteiger partial charge is 0.220 e. The van der Waals surface area contributed by atoms with Crippen LogP contribution in [0.4, 0.5) is 0 Å². The highest BCUT2D eigenvalue weighted by Crippen LogP contribution is 2.21. The summed E-state index contributed by atoms with van der Waals surface area (Å²) in [5.41, 5.74) is 0. The number of unbranched alkanes of at least 4 members (excludes halogenated alkanes) is 6. The number of hydrogen-bond donors (Lipinski definition) is 1. The quantitative estimate of drug-likeness (QED) is 0.626. The van der Waals surface area contributed by atoms with Crippen molar-refractivity contribution >= 4 is 5.91 Å². The van der Waals surface area contributed by atoms with Crippen LogP contribution in [-0.2, 0) is 14.3 Å². The molecule has 1 saturated heterocycles. The van der Waals surface area contributed by atoms with E-state index < -0.39 is 5.79 Å².